The molecular formula is C15H15F3N2. The van der Waals surface area contributed by atoms with Crippen LogP contribution in [-0.2, 0) is 0 Å². The van der Waals surface area contributed by atoms with Crippen LogP contribution >= 0.6 is 0 Å². The van der Waals surface area contributed by atoms with Crippen LogP contribution in [0, 0.1) is 17.5 Å². The molecule has 0 radical (unpaired) electrons. The normalized spacial score (nSPS) is 12.2. The molecule has 0 heterocycles. The molecule has 2 aromatic rings. The number of nitrogens with two attached hydrogens (primary N) is 1. The minimum Gasteiger partial charge on any atom is -0.364 e. The van der Waals surface area contributed by atoms with Crippen LogP contribution in [0.5, 0.6) is 0 Å². The first-order valence-electron chi connectivity index (χ1n) is 6.17. The maximum absolute atomic E-state index is 13.8. The van der Waals surface area contributed by atoms with Gasteiger partial charge in [0.15, 0.2) is 11.6 Å². The molecule has 5 heteroatoms. The van der Waals surface area contributed by atoms with Crippen LogP contribution in [0.1, 0.15) is 11.6 Å². The summed E-state index contributed by atoms with van der Waals surface area (Å²) in [5.41, 5.74) is 6.55. The van der Waals surface area contributed by atoms with Crippen LogP contribution < -0.4 is 10.6 Å². The third-order valence-corrected chi connectivity index (χ3v) is 3.25. The Morgan fingerprint density at radius 2 is 1.70 bits per heavy atom. The summed E-state index contributed by atoms with van der Waals surface area (Å²) in [6.07, 6.45) is 0. The van der Waals surface area contributed by atoms with Crippen LogP contribution in [0.25, 0.3) is 0 Å². The predicted octanol–water partition coefficient (Wildman–Crippen LogP) is 3.24. The van der Waals surface area contributed by atoms with Crippen LogP contribution in [0.4, 0.5) is 18.9 Å². The highest BCUT2D eigenvalue weighted by atomic mass is 19.2. The van der Waals surface area contributed by atoms with Gasteiger partial charge in [-0.1, -0.05) is 18.2 Å². The summed E-state index contributed by atoms with van der Waals surface area (Å²) in [6.45, 7) is 0.149. The van der Waals surface area contributed by atoms with E-state index in [-0.39, 0.29) is 6.54 Å². The fourth-order valence-corrected chi connectivity index (χ4v) is 2.14. The fourth-order valence-electron chi connectivity index (χ4n) is 2.14. The first kappa shape index (κ1) is 14.4. The van der Waals surface area contributed by atoms with Crippen molar-refractivity contribution in [3.05, 3.63) is 65.5 Å². The highest BCUT2D eigenvalue weighted by molar-refractivity contribution is 5.49. The van der Waals surface area contributed by atoms with Gasteiger partial charge in [-0.05, 0) is 29.8 Å². The average Bonchev–Trinajstić information content (AvgIpc) is 2.44. The van der Waals surface area contributed by atoms with E-state index in [1.165, 1.54) is 12.1 Å². The number of rotatable bonds is 4. The molecule has 1 unspecified atom stereocenters. The van der Waals surface area contributed by atoms with Gasteiger partial charge in [0, 0.05) is 13.6 Å². The number of nitrogens with zero attached hydrogens (tertiary/aromatic N) is 1. The van der Waals surface area contributed by atoms with Crippen molar-refractivity contribution in [1.82, 2.24) is 0 Å². The molecule has 0 aliphatic carbocycles. The van der Waals surface area contributed by atoms with Gasteiger partial charge in [-0.25, -0.2) is 13.2 Å². The van der Waals surface area contributed by atoms with E-state index in [2.05, 4.69) is 0 Å². The fraction of sp³-hybridized carbons (Fsp3) is 0.200. The molecule has 0 aliphatic rings. The van der Waals surface area contributed by atoms with E-state index in [0.29, 0.717) is 11.3 Å². The number of para-hydroxylation sites is 1. The van der Waals surface area contributed by atoms with Crippen molar-refractivity contribution in [1.29, 1.82) is 0 Å². The molecule has 2 N–H and O–H groups in total. The van der Waals surface area contributed by atoms with E-state index in [0.717, 1.165) is 12.1 Å². The minimum absolute atomic E-state index is 0.149. The summed E-state index contributed by atoms with van der Waals surface area (Å²) < 4.78 is 40.1. The van der Waals surface area contributed by atoms with Crippen molar-refractivity contribution in [3.63, 3.8) is 0 Å². The van der Waals surface area contributed by atoms with E-state index in [1.54, 1.807) is 30.1 Å². The van der Waals surface area contributed by atoms with E-state index in [9.17, 15) is 13.2 Å². The number of halogens is 3. The van der Waals surface area contributed by atoms with Gasteiger partial charge < -0.3 is 10.6 Å². The molecular weight excluding hydrogens is 265 g/mol. The first-order valence-corrected chi connectivity index (χ1v) is 6.17. The molecule has 0 fully saturated rings. The number of hydrogen-bond acceptors (Lipinski definition) is 2. The zero-order valence-corrected chi connectivity index (χ0v) is 11.0. The second kappa shape index (κ2) is 5.96. The zero-order chi connectivity index (χ0) is 14.7. The smallest absolute Gasteiger partial charge is 0.159 e. The van der Waals surface area contributed by atoms with E-state index in [1.807, 2.05) is 0 Å². The Labute approximate surface area is 115 Å². The van der Waals surface area contributed by atoms with Crippen molar-refractivity contribution < 1.29 is 13.2 Å². The maximum atomic E-state index is 13.8. The van der Waals surface area contributed by atoms with Crippen molar-refractivity contribution in [3.8, 4) is 0 Å². The summed E-state index contributed by atoms with van der Waals surface area (Å²) in [6, 6.07) is 9.37. The monoisotopic (exact) mass is 280 g/mol. The molecule has 2 nitrogen and oxygen atoms in total. The minimum atomic E-state index is -0.942. The lowest BCUT2D eigenvalue weighted by Gasteiger charge is -2.29. The number of benzene rings is 2. The van der Waals surface area contributed by atoms with Gasteiger partial charge in [0.25, 0.3) is 0 Å². The molecule has 2 aromatic carbocycles. The highest BCUT2D eigenvalue weighted by Gasteiger charge is 2.19. The molecule has 106 valence electrons. The highest BCUT2D eigenvalue weighted by Crippen LogP contribution is 2.27. The van der Waals surface area contributed by atoms with Crippen molar-refractivity contribution in [2.45, 2.75) is 6.04 Å². The maximum Gasteiger partial charge on any atom is 0.159 e. The molecule has 0 aliphatic heterocycles. The Morgan fingerprint density at radius 3 is 2.30 bits per heavy atom. The summed E-state index contributed by atoms with van der Waals surface area (Å²) in [7, 11) is 1.66. The van der Waals surface area contributed by atoms with E-state index < -0.39 is 23.5 Å². The SMILES string of the molecule is CN(c1ccccc1F)C(CN)c1ccc(F)c(F)c1. The van der Waals surface area contributed by atoms with E-state index >= 15 is 0 Å². The Morgan fingerprint density at radius 1 is 1.00 bits per heavy atom. The quantitative estimate of drug-likeness (QED) is 0.931. The zero-order valence-electron chi connectivity index (χ0n) is 11.0. The van der Waals surface area contributed by atoms with Gasteiger partial charge in [-0.15, -0.1) is 0 Å². The van der Waals surface area contributed by atoms with Crippen LogP contribution in [0.2, 0.25) is 0 Å². The Kier molecular flexibility index (Phi) is 4.29. The van der Waals surface area contributed by atoms with E-state index in [4.69, 9.17) is 5.73 Å². The average molecular weight is 280 g/mol. The Balaban J connectivity index is 2.36. The Bertz CT molecular complexity index is 601. The summed E-state index contributed by atoms with van der Waals surface area (Å²) in [5.74, 6) is -2.25. The van der Waals surface area contributed by atoms with Crippen LogP contribution in [0.3, 0.4) is 0 Å². The largest absolute Gasteiger partial charge is 0.364 e. The predicted molar refractivity (Wildman–Crippen MR) is 73.0 cm³/mol. The van der Waals surface area contributed by atoms with Gasteiger partial charge in [0.05, 0.1) is 11.7 Å². The Hall–Kier alpha value is -2.01. The number of hydrogen-bond donors (Lipinski definition) is 1. The third kappa shape index (κ3) is 2.77. The molecule has 2 rings (SSSR count). The molecule has 0 aromatic heterocycles. The molecule has 0 saturated carbocycles. The van der Waals surface area contributed by atoms with Crippen molar-refractivity contribution >= 4 is 5.69 Å². The van der Waals surface area contributed by atoms with Crippen LogP contribution in [0.15, 0.2) is 42.5 Å². The molecule has 0 saturated heterocycles. The lowest BCUT2D eigenvalue weighted by molar-refractivity contribution is 0.504. The second-order valence-electron chi connectivity index (χ2n) is 4.49. The molecule has 1 atom stereocenters. The lowest BCUT2D eigenvalue weighted by Crippen LogP contribution is -2.31. The van der Waals surface area contributed by atoms with Gasteiger partial charge in [0.1, 0.15) is 5.82 Å². The van der Waals surface area contributed by atoms with Crippen molar-refractivity contribution in [2.24, 2.45) is 5.73 Å². The second-order valence-corrected chi connectivity index (χ2v) is 4.49. The molecule has 0 spiro atoms. The number of likely N-dealkylation sites (N-methyl/N-ethyl adjacent to an activating group) is 1. The number of anilines is 1. The molecule has 0 bridgehead atoms. The molecule has 0 amide bonds. The first-order chi connectivity index (χ1) is 9.54. The van der Waals surface area contributed by atoms with Gasteiger partial charge in [-0.3, -0.25) is 0 Å². The lowest BCUT2D eigenvalue weighted by atomic mass is 10.0. The summed E-state index contributed by atoms with van der Waals surface area (Å²) in [4.78, 5) is 1.61. The summed E-state index contributed by atoms with van der Waals surface area (Å²) in [5, 5.41) is 0. The van der Waals surface area contributed by atoms with Crippen molar-refractivity contribution in [2.75, 3.05) is 18.5 Å². The molecule has 20 heavy (non-hydrogen) atoms. The third-order valence-electron chi connectivity index (χ3n) is 3.25. The topological polar surface area (TPSA) is 29.3 Å². The van der Waals surface area contributed by atoms with Gasteiger partial charge in [-0.2, -0.15) is 0 Å². The summed E-state index contributed by atoms with van der Waals surface area (Å²) >= 11 is 0. The van der Waals surface area contributed by atoms with Gasteiger partial charge in [0.2, 0.25) is 0 Å². The van der Waals surface area contributed by atoms with Gasteiger partial charge >= 0.3 is 0 Å². The standard InChI is InChI=1S/C15H15F3N2/c1-20(14-5-3-2-4-12(14)17)15(9-19)10-6-7-11(16)13(18)8-10/h2-8,15H,9,19H2,1H3. The van der Waals surface area contributed by atoms with Crippen LogP contribution in [-0.4, -0.2) is 13.6 Å².